The number of benzene rings is 1. The SMILES string of the molecule is CC(C)(C)OC(=O)N1CC[C@H]([C@H](C/C=C/CBr)C(=O)N2C(=O)OC[C@@H]2Cc2ccccc2)C1. The maximum Gasteiger partial charge on any atom is 0.416 e. The van der Waals surface area contributed by atoms with Crippen LogP contribution in [0.15, 0.2) is 42.5 Å². The van der Waals surface area contributed by atoms with Gasteiger partial charge in [0.15, 0.2) is 0 Å². The Morgan fingerprint density at radius 3 is 2.64 bits per heavy atom. The van der Waals surface area contributed by atoms with Crippen molar-refractivity contribution in [3.8, 4) is 0 Å². The first-order chi connectivity index (χ1) is 15.7. The molecule has 0 unspecified atom stereocenters. The second-order valence-corrected chi connectivity index (χ2v) is 10.2. The predicted octanol–water partition coefficient (Wildman–Crippen LogP) is 4.79. The van der Waals surface area contributed by atoms with Crippen LogP contribution in [0.25, 0.3) is 0 Å². The highest BCUT2D eigenvalue weighted by Gasteiger charge is 2.44. The first kappa shape index (κ1) is 25.3. The lowest BCUT2D eigenvalue weighted by Gasteiger charge is -2.28. The van der Waals surface area contributed by atoms with Crippen LogP contribution in [-0.2, 0) is 20.7 Å². The maximum atomic E-state index is 13.7. The summed E-state index contributed by atoms with van der Waals surface area (Å²) in [5.74, 6) is -0.707. The number of allylic oxidation sites excluding steroid dienone is 2. The fourth-order valence-electron chi connectivity index (χ4n) is 4.35. The first-order valence-electron chi connectivity index (χ1n) is 11.4. The number of hydrogen-bond acceptors (Lipinski definition) is 5. The molecular weight excluding hydrogens is 488 g/mol. The van der Waals surface area contributed by atoms with Gasteiger partial charge in [-0.15, -0.1) is 0 Å². The average molecular weight is 521 g/mol. The Hall–Kier alpha value is -2.35. The Balaban J connectivity index is 1.75. The van der Waals surface area contributed by atoms with E-state index in [1.165, 1.54) is 4.90 Å². The van der Waals surface area contributed by atoms with Crippen LogP contribution < -0.4 is 0 Å². The molecule has 0 radical (unpaired) electrons. The molecular formula is C25H33BrN2O5. The van der Waals surface area contributed by atoms with E-state index in [4.69, 9.17) is 9.47 Å². The van der Waals surface area contributed by atoms with Gasteiger partial charge in [0.1, 0.15) is 12.2 Å². The molecule has 0 N–H and O–H groups in total. The van der Waals surface area contributed by atoms with Crippen molar-refractivity contribution in [3.63, 3.8) is 0 Å². The van der Waals surface area contributed by atoms with Gasteiger partial charge in [-0.1, -0.05) is 58.4 Å². The van der Waals surface area contributed by atoms with E-state index in [1.807, 2.05) is 63.3 Å². The molecule has 1 aromatic carbocycles. The minimum absolute atomic E-state index is 0.0595. The fourth-order valence-corrected chi connectivity index (χ4v) is 4.62. The maximum absolute atomic E-state index is 13.7. The van der Waals surface area contributed by atoms with Crippen molar-refractivity contribution in [2.75, 3.05) is 25.0 Å². The molecule has 3 atom stereocenters. The highest BCUT2D eigenvalue weighted by Crippen LogP contribution is 2.32. The van der Waals surface area contributed by atoms with Crippen LogP contribution in [-0.4, -0.2) is 64.6 Å². The van der Waals surface area contributed by atoms with Crippen molar-refractivity contribution in [2.45, 2.75) is 51.7 Å². The lowest BCUT2D eigenvalue weighted by Crippen LogP contribution is -2.46. The highest BCUT2D eigenvalue weighted by atomic mass is 79.9. The van der Waals surface area contributed by atoms with E-state index in [0.717, 1.165) is 5.56 Å². The summed E-state index contributed by atoms with van der Waals surface area (Å²) in [4.78, 5) is 41.8. The van der Waals surface area contributed by atoms with E-state index in [9.17, 15) is 14.4 Å². The second-order valence-electron chi connectivity index (χ2n) is 9.57. The Labute approximate surface area is 204 Å². The van der Waals surface area contributed by atoms with E-state index in [0.29, 0.717) is 37.7 Å². The summed E-state index contributed by atoms with van der Waals surface area (Å²) in [6.45, 7) is 6.66. The van der Waals surface area contributed by atoms with Crippen molar-refractivity contribution in [2.24, 2.45) is 11.8 Å². The van der Waals surface area contributed by atoms with Crippen LogP contribution in [0.2, 0.25) is 0 Å². The molecule has 2 aliphatic heterocycles. The van der Waals surface area contributed by atoms with Gasteiger partial charge in [-0.2, -0.15) is 0 Å². The minimum Gasteiger partial charge on any atom is -0.447 e. The van der Waals surface area contributed by atoms with Crippen LogP contribution in [0, 0.1) is 11.8 Å². The average Bonchev–Trinajstić information content (AvgIpc) is 3.38. The molecule has 2 fully saturated rings. The zero-order valence-corrected chi connectivity index (χ0v) is 21.1. The van der Waals surface area contributed by atoms with Crippen LogP contribution in [0.4, 0.5) is 9.59 Å². The molecule has 0 saturated carbocycles. The molecule has 7 nitrogen and oxygen atoms in total. The van der Waals surface area contributed by atoms with Gasteiger partial charge < -0.3 is 14.4 Å². The number of imide groups is 1. The van der Waals surface area contributed by atoms with E-state index >= 15 is 0 Å². The molecule has 0 aliphatic carbocycles. The van der Waals surface area contributed by atoms with Gasteiger partial charge >= 0.3 is 12.2 Å². The monoisotopic (exact) mass is 520 g/mol. The molecule has 2 aliphatic rings. The first-order valence-corrected chi connectivity index (χ1v) is 12.5. The molecule has 2 saturated heterocycles. The molecule has 0 bridgehead atoms. The largest absolute Gasteiger partial charge is 0.447 e. The summed E-state index contributed by atoms with van der Waals surface area (Å²) in [6, 6.07) is 9.45. The van der Waals surface area contributed by atoms with E-state index in [-0.39, 0.29) is 30.6 Å². The topological polar surface area (TPSA) is 76.2 Å². The molecule has 0 spiro atoms. The van der Waals surface area contributed by atoms with Crippen LogP contribution in [0.1, 0.15) is 39.2 Å². The summed E-state index contributed by atoms with van der Waals surface area (Å²) in [5.41, 5.74) is 0.471. The lowest BCUT2D eigenvalue weighted by molar-refractivity contribution is -0.135. The summed E-state index contributed by atoms with van der Waals surface area (Å²) < 4.78 is 10.8. The number of carbonyl (C=O) groups is 3. The van der Waals surface area contributed by atoms with Crippen molar-refractivity contribution in [1.29, 1.82) is 0 Å². The number of alkyl halides is 1. The number of carbonyl (C=O) groups excluding carboxylic acids is 3. The third kappa shape index (κ3) is 6.82. The third-order valence-electron chi connectivity index (χ3n) is 5.92. The molecule has 0 aromatic heterocycles. The van der Waals surface area contributed by atoms with Crippen LogP contribution in [0.5, 0.6) is 0 Å². The number of halogens is 1. The van der Waals surface area contributed by atoms with Gasteiger partial charge in [-0.05, 0) is 51.5 Å². The van der Waals surface area contributed by atoms with Gasteiger partial charge in [0.25, 0.3) is 0 Å². The highest BCUT2D eigenvalue weighted by molar-refractivity contribution is 9.09. The molecule has 33 heavy (non-hydrogen) atoms. The van der Waals surface area contributed by atoms with Crippen molar-refractivity contribution in [3.05, 3.63) is 48.0 Å². The number of cyclic esters (lactones) is 1. The fraction of sp³-hybridized carbons (Fsp3) is 0.560. The summed E-state index contributed by atoms with van der Waals surface area (Å²) in [7, 11) is 0. The Bertz CT molecular complexity index is 867. The smallest absolute Gasteiger partial charge is 0.416 e. The van der Waals surface area contributed by atoms with Gasteiger partial charge in [-0.3, -0.25) is 4.79 Å². The normalized spacial score (nSPS) is 22.0. The van der Waals surface area contributed by atoms with E-state index in [2.05, 4.69) is 15.9 Å². The van der Waals surface area contributed by atoms with Crippen molar-refractivity contribution < 1.29 is 23.9 Å². The number of nitrogens with zero attached hydrogens (tertiary/aromatic N) is 2. The summed E-state index contributed by atoms with van der Waals surface area (Å²) in [6.07, 6.45) is 4.69. The molecule has 8 heteroatoms. The van der Waals surface area contributed by atoms with Crippen molar-refractivity contribution in [1.82, 2.24) is 9.80 Å². The third-order valence-corrected chi connectivity index (χ3v) is 6.29. The Morgan fingerprint density at radius 1 is 1.24 bits per heavy atom. The van der Waals surface area contributed by atoms with E-state index in [1.54, 1.807) is 4.90 Å². The number of hydrogen-bond donors (Lipinski definition) is 0. The van der Waals surface area contributed by atoms with Gasteiger partial charge in [0.2, 0.25) is 5.91 Å². The standard InChI is InChI=1S/C25H33BrN2O5/c1-25(2,3)33-23(30)27-14-12-19(16-27)21(11-7-8-13-26)22(29)28-20(17-32-24(28)31)15-18-9-5-4-6-10-18/h4-10,19-21H,11-17H2,1-3H3/b8-7+/t19-,20-,21-/m0/s1. The lowest BCUT2D eigenvalue weighted by atomic mass is 9.86. The van der Waals surface area contributed by atoms with Gasteiger partial charge in [-0.25, -0.2) is 14.5 Å². The summed E-state index contributed by atoms with van der Waals surface area (Å²) in [5, 5.41) is 0.686. The van der Waals surface area contributed by atoms with Crippen LogP contribution in [0.3, 0.4) is 0 Å². The molecule has 1 aromatic rings. The number of likely N-dealkylation sites (tertiary alicyclic amines) is 1. The Kier molecular flexibility index (Phi) is 8.57. The molecule has 3 rings (SSSR count). The molecule has 180 valence electrons. The number of amides is 3. The zero-order valence-electron chi connectivity index (χ0n) is 19.5. The zero-order chi connectivity index (χ0) is 24.0. The van der Waals surface area contributed by atoms with E-state index < -0.39 is 17.6 Å². The number of rotatable bonds is 7. The quantitative estimate of drug-likeness (QED) is 0.381. The van der Waals surface area contributed by atoms with Gasteiger partial charge in [0, 0.05) is 24.3 Å². The van der Waals surface area contributed by atoms with Gasteiger partial charge in [0.05, 0.1) is 6.04 Å². The second kappa shape index (κ2) is 11.2. The Morgan fingerprint density at radius 2 is 1.97 bits per heavy atom. The van der Waals surface area contributed by atoms with Crippen LogP contribution >= 0.6 is 15.9 Å². The predicted molar refractivity (Wildman–Crippen MR) is 129 cm³/mol. The molecule has 3 amide bonds. The minimum atomic E-state index is -0.586. The molecule has 2 heterocycles. The van der Waals surface area contributed by atoms with Crippen molar-refractivity contribution >= 4 is 34.0 Å². The summed E-state index contributed by atoms with van der Waals surface area (Å²) >= 11 is 3.37. The number of ether oxygens (including phenoxy) is 2.